The molecule has 0 aliphatic carbocycles. The second-order valence-electron chi connectivity index (χ2n) is 10.5. The Morgan fingerprint density at radius 2 is 1.60 bits per heavy atom. The van der Waals surface area contributed by atoms with Gasteiger partial charge in [0.1, 0.15) is 11.9 Å². The third-order valence-electron chi connectivity index (χ3n) is 6.89. The van der Waals surface area contributed by atoms with E-state index in [0.29, 0.717) is 35.3 Å². The second kappa shape index (κ2) is 12.4. The quantitative estimate of drug-likeness (QED) is 0.129. The van der Waals surface area contributed by atoms with Gasteiger partial charge in [-0.25, -0.2) is 4.79 Å². The summed E-state index contributed by atoms with van der Waals surface area (Å²) in [6.45, 7) is 6.03. The van der Waals surface area contributed by atoms with Gasteiger partial charge in [-0.15, -0.1) is 0 Å². The number of fused-ring (bicyclic) bond motifs is 1. The maximum atomic E-state index is 13.1. The number of para-hydroxylation sites is 2. The van der Waals surface area contributed by atoms with E-state index in [1.165, 1.54) is 6.08 Å². The fourth-order valence-corrected chi connectivity index (χ4v) is 4.63. The molecule has 0 aliphatic rings. The largest absolute Gasteiger partial charge is 0.507 e. The maximum absolute atomic E-state index is 13.1. The predicted octanol–water partition coefficient (Wildman–Crippen LogP) is 7.73. The highest BCUT2D eigenvalue weighted by Crippen LogP contribution is 2.44. The number of allylic oxidation sites excluding steroid dienone is 1. The number of phenols is 1. The van der Waals surface area contributed by atoms with Crippen LogP contribution in [0.5, 0.6) is 5.75 Å². The number of nitrogens with two attached hydrogens (primary N) is 1. The number of aromatic hydroxyl groups is 1. The van der Waals surface area contributed by atoms with Crippen molar-refractivity contribution in [2.75, 3.05) is 16.4 Å². The average molecular weight is 538 g/mol. The van der Waals surface area contributed by atoms with Gasteiger partial charge in [-0.05, 0) is 61.6 Å². The van der Waals surface area contributed by atoms with E-state index in [1.54, 1.807) is 42.5 Å². The van der Waals surface area contributed by atoms with E-state index >= 15 is 0 Å². The van der Waals surface area contributed by atoms with Gasteiger partial charge >= 0.3 is 6.09 Å². The first-order chi connectivity index (χ1) is 19.1. The van der Waals surface area contributed by atoms with Gasteiger partial charge < -0.3 is 20.9 Å². The molecule has 0 spiro atoms. The van der Waals surface area contributed by atoms with Crippen molar-refractivity contribution < 1.29 is 19.4 Å². The first-order valence-electron chi connectivity index (χ1n) is 13.2. The Bertz CT molecular complexity index is 1530. The molecule has 4 aromatic carbocycles. The van der Waals surface area contributed by atoms with E-state index in [-0.39, 0.29) is 11.7 Å². The minimum atomic E-state index is -0.644. The zero-order valence-electron chi connectivity index (χ0n) is 23.0. The van der Waals surface area contributed by atoms with Crippen LogP contribution in [-0.2, 0) is 9.53 Å². The number of nitrogens with one attached hydrogen (secondary N) is 2. The standard InChI is InChI=1S/C33H35N3O4/c1-22-15-17-23(18-16-22)35-32(39)40-31(26-19-20-29(37)25-11-5-4-10-24(25)26)33(2,3)21-9-8-14-30(38)36-28-13-7-6-12-27(28)34/h4-8,10-20,31,37H,9,21,34H2,1-3H3,(H,35,39)(H,36,38)/b14-8+/t31-/m1/s1. The summed E-state index contributed by atoms with van der Waals surface area (Å²) in [5.74, 6) is -0.112. The summed E-state index contributed by atoms with van der Waals surface area (Å²) in [4.78, 5) is 25.5. The first-order valence-corrected chi connectivity index (χ1v) is 13.2. The number of hydrogen-bond donors (Lipinski definition) is 4. The molecule has 4 rings (SSSR count). The van der Waals surface area contributed by atoms with Gasteiger partial charge in [-0.1, -0.05) is 80.1 Å². The molecular weight excluding hydrogens is 502 g/mol. The normalized spacial score (nSPS) is 12.3. The smallest absolute Gasteiger partial charge is 0.412 e. The number of carbonyl (C=O) groups is 2. The van der Waals surface area contributed by atoms with Crippen LogP contribution in [-0.4, -0.2) is 17.1 Å². The van der Waals surface area contributed by atoms with E-state index in [0.717, 1.165) is 16.5 Å². The summed E-state index contributed by atoms with van der Waals surface area (Å²) < 4.78 is 6.10. The molecule has 7 heteroatoms. The van der Waals surface area contributed by atoms with Gasteiger partial charge in [0.15, 0.2) is 0 Å². The van der Waals surface area contributed by atoms with Crippen molar-refractivity contribution in [3.05, 3.63) is 108 Å². The molecule has 0 unspecified atom stereocenters. The lowest BCUT2D eigenvalue weighted by molar-refractivity contribution is -0.111. The number of hydrogen-bond acceptors (Lipinski definition) is 5. The lowest BCUT2D eigenvalue weighted by Crippen LogP contribution is -2.29. The predicted molar refractivity (Wildman–Crippen MR) is 161 cm³/mol. The summed E-state index contributed by atoms with van der Waals surface area (Å²) in [7, 11) is 0. The number of rotatable bonds is 9. The van der Waals surface area contributed by atoms with Crippen LogP contribution >= 0.6 is 0 Å². The van der Waals surface area contributed by atoms with Crippen LogP contribution in [0.25, 0.3) is 10.8 Å². The SMILES string of the molecule is Cc1ccc(NC(=O)O[C@H](c2ccc(O)c3ccccc23)C(C)(C)CC/C=C/C(=O)Nc2ccccc2N)cc1. The van der Waals surface area contributed by atoms with Crippen LogP contribution in [0.15, 0.2) is 97.1 Å². The summed E-state index contributed by atoms with van der Waals surface area (Å²) >= 11 is 0. The molecule has 0 saturated heterocycles. The second-order valence-corrected chi connectivity index (χ2v) is 10.5. The average Bonchev–Trinajstić information content (AvgIpc) is 2.93. The fourth-order valence-electron chi connectivity index (χ4n) is 4.63. The molecule has 40 heavy (non-hydrogen) atoms. The molecule has 0 heterocycles. The molecule has 0 aromatic heterocycles. The molecule has 5 N–H and O–H groups in total. The van der Waals surface area contributed by atoms with Gasteiger partial charge in [-0.3, -0.25) is 10.1 Å². The van der Waals surface area contributed by atoms with Gasteiger partial charge in [0.05, 0.1) is 11.4 Å². The van der Waals surface area contributed by atoms with Crippen molar-refractivity contribution in [3.8, 4) is 5.75 Å². The van der Waals surface area contributed by atoms with Crippen LogP contribution in [0, 0.1) is 12.3 Å². The van der Waals surface area contributed by atoms with Gasteiger partial charge in [-0.2, -0.15) is 0 Å². The summed E-state index contributed by atoms with van der Waals surface area (Å²) in [6.07, 6.45) is 3.25. The summed E-state index contributed by atoms with van der Waals surface area (Å²) in [5.41, 5.74) is 8.95. The Morgan fingerprint density at radius 3 is 2.33 bits per heavy atom. The van der Waals surface area contributed by atoms with Gasteiger partial charge in [0.2, 0.25) is 5.91 Å². The number of anilines is 3. The molecule has 0 radical (unpaired) electrons. The zero-order chi connectivity index (χ0) is 28.7. The molecule has 206 valence electrons. The monoisotopic (exact) mass is 537 g/mol. The highest BCUT2D eigenvalue weighted by molar-refractivity contribution is 6.01. The minimum Gasteiger partial charge on any atom is -0.507 e. The molecule has 0 aliphatic heterocycles. The third-order valence-corrected chi connectivity index (χ3v) is 6.89. The van der Waals surface area contributed by atoms with Crippen LogP contribution in [0.4, 0.5) is 21.9 Å². The molecular formula is C33H35N3O4. The number of carbonyl (C=O) groups excluding carboxylic acids is 2. The van der Waals surface area contributed by atoms with Crippen LogP contribution in [0.1, 0.15) is 43.9 Å². The molecule has 0 saturated carbocycles. The van der Waals surface area contributed by atoms with E-state index in [4.69, 9.17) is 10.5 Å². The molecule has 2 amide bonds. The number of aryl methyl sites for hydroxylation is 1. The van der Waals surface area contributed by atoms with Crippen LogP contribution < -0.4 is 16.4 Å². The molecule has 0 fully saturated rings. The highest BCUT2D eigenvalue weighted by atomic mass is 16.6. The van der Waals surface area contributed by atoms with E-state index in [9.17, 15) is 14.7 Å². The summed E-state index contributed by atoms with van der Waals surface area (Å²) in [5, 5.41) is 17.5. The number of ether oxygens (including phenoxy) is 1. The molecule has 4 aromatic rings. The number of amides is 2. The van der Waals surface area contributed by atoms with Crippen molar-refractivity contribution in [3.63, 3.8) is 0 Å². The van der Waals surface area contributed by atoms with E-state index in [2.05, 4.69) is 10.6 Å². The lowest BCUT2D eigenvalue weighted by atomic mass is 9.77. The molecule has 0 bridgehead atoms. The maximum Gasteiger partial charge on any atom is 0.412 e. The van der Waals surface area contributed by atoms with E-state index < -0.39 is 17.6 Å². The van der Waals surface area contributed by atoms with E-state index in [1.807, 2.05) is 69.3 Å². The van der Waals surface area contributed by atoms with Crippen molar-refractivity contribution in [2.24, 2.45) is 5.41 Å². The van der Waals surface area contributed by atoms with Crippen molar-refractivity contribution >= 4 is 39.8 Å². The first kappa shape index (κ1) is 28.2. The molecule has 1 atom stereocenters. The Morgan fingerprint density at radius 1 is 0.925 bits per heavy atom. The van der Waals surface area contributed by atoms with Crippen molar-refractivity contribution in [1.29, 1.82) is 0 Å². The van der Waals surface area contributed by atoms with Gasteiger partial charge in [0.25, 0.3) is 0 Å². The van der Waals surface area contributed by atoms with Crippen LogP contribution in [0.2, 0.25) is 0 Å². The Labute approximate surface area is 234 Å². The molecule has 7 nitrogen and oxygen atoms in total. The third kappa shape index (κ3) is 6.99. The zero-order valence-corrected chi connectivity index (χ0v) is 23.0. The summed E-state index contributed by atoms with van der Waals surface area (Å²) in [6, 6.07) is 25.5. The van der Waals surface area contributed by atoms with Crippen LogP contribution in [0.3, 0.4) is 0 Å². The Hall–Kier alpha value is -4.78. The fraction of sp³-hybridized carbons (Fsp3) is 0.212. The topological polar surface area (TPSA) is 114 Å². The number of benzene rings is 4. The Balaban J connectivity index is 1.53. The highest BCUT2D eigenvalue weighted by Gasteiger charge is 2.35. The number of nitrogen functional groups attached to an aromatic ring is 1. The Kier molecular flexibility index (Phi) is 8.74. The van der Waals surface area contributed by atoms with Gasteiger partial charge in [0, 0.05) is 22.1 Å². The van der Waals surface area contributed by atoms with Crippen molar-refractivity contribution in [2.45, 2.75) is 39.7 Å². The lowest BCUT2D eigenvalue weighted by Gasteiger charge is -2.35. The minimum absolute atomic E-state index is 0.160. The van der Waals surface area contributed by atoms with Crippen molar-refractivity contribution in [1.82, 2.24) is 0 Å². The number of phenolic OH excluding ortho intramolecular Hbond substituents is 1.